The molecule has 0 aromatic rings. The molecule has 0 saturated heterocycles. The summed E-state index contributed by atoms with van der Waals surface area (Å²) < 4.78 is 18.6. The van der Waals surface area contributed by atoms with Crippen LogP contribution in [0.4, 0.5) is 4.20 Å². The summed E-state index contributed by atoms with van der Waals surface area (Å²) in [6.07, 6.45) is 0. The summed E-state index contributed by atoms with van der Waals surface area (Å²) in [6.45, 7) is 0. The van der Waals surface area contributed by atoms with Crippen LogP contribution in [0.15, 0.2) is 0 Å². The summed E-state index contributed by atoms with van der Waals surface area (Å²) in [7, 11) is -5.64. The minimum absolute atomic E-state index is 0. The van der Waals surface area contributed by atoms with Gasteiger partial charge < -0.3 is 23.8 Å². The number of hydrogen-bond donors (Lipinski definition) is 0. The summed E-state index contributed by atoms with van der Waals surface area (Å²) in [6, 6.07) is 0. The summed E-state index contributed by atoms with van der Waals surface area (Å²) in [5.74, 6) is 0. The molecule has 9 heavy (non-hydrogen) atoms. The molecule has 0 spiro atoms. The molecule has 0 aromatic carbocycles. The van der Waals surface area contributed by atoms with Crippen LogP contribution in [-0.2, 0) is 4.57 Å². The first-order valence-corrected chi connectivity index (χ1v) is 2.15. The number of hydrogen-bond acceptors (Lipinski definition) is 3. The zero-order valence-electron chi connectivity index (χ0n) is 4.22. The van der Waals surface area contributed by atoms with E-state index in [0.717, 1.165) is 0 Å². The maximum absolute atomic E-state index is 10.1. The SMILES string of the molecule is O=P([O-])([O-])F.[Ca+2].[Ca+2].[F-].[F-]. The van der Waals surface area contributed by atoms with Gasteiger partial charge in [0, 0.05) is 0 Å². The average Bonchev–Trinajstić information content (AvgIpc) is 0.722. The first-order chi connectivity index (χ1) is 2.00. The molecule has 0 radical (unpaired) electrons. The van der Waals surface area contributed by atoms with Crippen LogP contribution in [0, 0.1) is 0 Å². The number of halogens is 3. The Morgan fingerprint density at radius 3 is 1.11 bits per heavy atom. The molecule has 0 fully saturated rings. The van der Waals surface area contributed by atoms with Crippen LogP contribution < -0.4 is 19.2 Å². The van der Waals surface area contributed by atoms with Gasteiger partial charge in [-0.05, 0) is 0 Å². The van der Waals surface area contributed by atoms with Crippen molar-refractivity contribution in [3.8, 4) is 0 Å². The van der Waals surface area contributed by atoms with E-state index in [2.05, 4.69) is 0 Å². The first-order valence-electron chi connectivity index (χ1n) is 0.717. The Labute approximate surface area is 109 Å². The first kappa shape index (κ1) is 30.0. The molecule has 0 bridgehead atoms. The molecule has 0 N–H and O–H groups in total. The molecule has 0 amide bonds. The molecule has 0 aliphatic rings. The van der Waals surface area contributed by atoms with Crippen molar-refractivity contribution < 1.29 is 28.0 Å². The largest absolute Gasteiger partial charge is 2.00 e. The molecule has 9 heteroatoms. The maximum atomic E-state index is 10.1. The van der Waals surface area contributed by atoms with Gasteiger partial charge in [-0.3, -0.25) is 0 Å². The van der Waals surface area contributed by atoms with Crippen molar-refractivity contribution in [2.45, 2.75) is 0 Å². The minimum atomic E-state index is -5.64. The second-order valence-electron chi connectivity index (χ2n) is 0.431. The van der Waals surface area contributed by atoms with E-state index in [4.69, 9.17) is 14.4 Å². The zero-order chi connectivity index (χ0) is 4.50. The summed E-state index contributed by atoms with van der Waals surface area (Å²) in [4.78, 5) is 16.9. The normalized spacial score (nSPS) is 6.56. The van der Waals surface area contributed by atoms with Crippen LogP contribution in [-0.4, -0.2) is 75.5 Å². The quantitative estimate of drug-likeness (QED) is 0.298. The molecule has 0 atom stereocenters. The third-order valence-corrected chi connectivity index (χ3v) is 0. The van der Waals surface area contributed by atoms with Gasteiger partial charge in [0.25, 0.3) is 0 Å². The van der Waals surface area contributed by atoms with Crippen molar-refractivity contribution in [1.29, 1.82) is 0 Å². The topological polar surface area (TPSA) is 63.2 Å². The Hall–Kier alpha value is 2.46. The third-order valence-electron chi connectivity index (χ3n) is 0. The van der Waals surface area contributed by atoms with Crippen molar-refractivity contribution in [2.75, 3.05) is 0 Å². The Bertz CT molecular complexity index is 63.2. The summed E-state index contributed by atoms with van der Waals surface area (Å²) in [5.41, 5.74) is 0. The van der Waals surface area contributed by atoms with Crippen LogP contribution in [0.3, 0.4) is 0 Å². The molecule has 0 saturated carbocycles. The van der Waals surface area contributed by atoms with E-state index in [9.17, 15) is 4.20 Å². The van der Waals surface area contributed by atoms with Crippen molar-refractivity contribution in [3.05, 3.63) is 0 Å². The van der Waals surface area contributed by atoms with Crippen LogP contribution in [0.1, 0.15) is 0 Å². The summed E-state index contributed by atoms with van der Waals surface area (Å²) >= 11 is 0. The van der Waals surface area contributed by atoms with Gasteiger partial charge in [0.15, 0.2) is 0 Å². The van der Waals surface area contributed by atoms with Crippen LogP contribution in [0.5, 0.6) is 0 Å². The van der Waals surface area contributed by atoms with Gasteiger partial charge in [-0.2, -0.15) is 0 Å². The molecular weight excluding hydrogens is 216 g/mol. The van der Waals surface area contributed by atoms with Gasteiger partial charge in [-0.25, -0.2) is 4.20 Å². The van der Waals surface area contributed by atoms with Gasteiger partial charge in [-0.1, -0.05) is 0 Å². The molecule has 0 unspecified atom stereocenters. The van der Waals surface area contributed by atoms with E-state index >= 15 is 0 Å². The minimum Gasteiger partial charge on any atom is -1.00 e. The number of rotatable bonds is 0. The van der Waals surface area contributed by atoms with Crippen LogP contribution in [0.25, 0.3) is 0 Å². The smallest absolute Gasteiger partial charge is 1.00 e. The molecule has 0 heterocycles. The zero-order valence-corrected chi connectivity index (χ0v) is 9.53. The monoisotopic (exact) mass is 216 g/mol. The molecular formula is Ca2F3O3P. The van der Waals surface area contributed by atoms with Crippen LogP contribution in [0.2, 0.25) is 0 Å². The Balaban J connectivity index is -0.0000000133. The summed E-state index contributed by atoms with van der Waals surface area (Å²) in [5, 5.41) is 0. The predicted octanol–water partition coefficient (Wildman–Crippen LogP) is -7.97. The second-order valence-corrected chi connectivity index (χ2v) is 1.29. The standard InChI is InChI=1S/2Ca.FH2O3P.2FH/c;;1-5(2,3)4;;/h;;(H2,2,3,4);2*1H/q2*+2;;;/p-4. The van der Waals surface area contributed by atoms with Crippen molar-refractivity contribution in [3.63, 3.8) is 0 Å². The fraction of sp³-hybridized carbons (Fsp3) is 0. The average molecular weight is 216 g/mol. The van der Waals surface area contributed by atoms with Gasteiger partial charge in [-0.15, -0.1) is 0 Å². The van der Waals surface area contributed by atoms with Gasteiger partial charge in [0.2, 0.25) is 0 Å². The Morgan fingerprint density at radius 1 is 1.11 bits per heavy atom. The van der Waals surface area contributed by atoms with Crippen molar-refractivity contribution in [2.24, 2.45) is 0 Å². The van der Waals surface area contributed by atoms with E-state index in [1.54, 1.807) is 0 Å². The third kappa shape index (κ3) is 124. The van der Waals surface area contributed by atoms with Gasteiger partial charge >= 0.3 is 75.5 Å². The Kier molecular flexibility index (Phi) is 43.7. The van der Waals surface area contributed by atoms with E-state index in [1.165, 1.54) is 0 Å². The van der Waals surface area contributed by atoms with E-state index in [1.807, 2.05) is 0 Å². The van der Waals surface area contributed by atoms with E-state index < -0.39 is 7.91 Å². The maximum Gasteiger partial charge on any atom is 2.00 e. The van der Waals surface area contributed by atoms with E-state index in [0.29, 0.717) is 0 Å². The van der Waals surface area contributed by atoms with Crippen molar-refractivity contribution >= 4 is 83.4 Å². The predicted molar refractivity (Wildman–Crippen MR) is 20.2 cm³/mol. The fourth-order valence-electron chi connectivity index (χ4n) is 0. The van der Waals surface area contributed by atoms with E-state index in [-0.39, 0.29) is 84.9 Å². The van der Waals surface area contributed by atoms with Gasteiger partial charge in [0.1, 0.15) is 7.91 Å². The molecule has 0 aliphatic heterocycles. The molecule has 3 nitrogen and oxygen atoms in total. The van der Waals surface area contributed by atoms with Crippen LogP contribution >= 0.6 is 7.91 Å². The fourth-order valence-corrected chi connectivity index (χ4v) is 0. The molecule has 48 valence electrons. The Morgan fingerprint density at radius 2 is 1.11 bits per heavy atom. The van der Waals surface area contributed by atoms with Gasteiger partial charge in [0.05, 0.1) is 0 Å². The molecule has 0 rings (SSSR count). The van der Waals surface area contributed by atoms with Crippen molar-refractivity contribution in [1.82, 2.24) is 0 Å². The molecule has 0 aromatic heterocycles. The second kappa shape index (κ2) is 13.1. The molecule has 0 aliphatic carbocycles.